The highest BCUT2D eigenvalue weighted by atomic mass is 32.2. The number of amides is 1. The van der Waals surface area contributed by atoms with Crippen molar-refractivity contribution < 1.29 is 22.7 Å². The van der Waals surface area contributed by atoms with Gasteiger partial charge in [0.2, 0.25) is 5.91 Å². The first-order chi connectivity index (χ1) is 15.8. The van der Waals surface area contributed by atoms with E-state index in [0.717, 1.165) is 40.4 Å². The van der Waals surface area contributed by atoms with E-state index in [4.69, 9.17) is 4.74 Å². The molecule has 0 saturated carbocycles. The third-order valence-corrected chi connectivity index (χ3v) is 5.86. The molecule has 4 aromatic rings. The minimum atomic E-state index is -4.47. The number of rotatable bonds is 7. The molecule has 6 nitrogen and oxygen atoms in total. The minimum absolute atomic E-state index is 0.0353. The number of aromatic nitrogens is 3. The number of carbonyl (C=O) groups is 1. The van der Waals surface area contributed by atoms with E-state index in [1.807, 2.05) is 42.5 Å². The fourth-order valence-corrected chi connectivity index (χ4v) is 3.89. The molecule has 0 aliphatic heterocycles. The summed E-state index contributed by atoms with van der Waals surface area (Å²) in [6.45, 7) is 0.189. The van der Waals surface area contributed by atoms with Gasteiger partial charge in [-0.05, 0) is 29.7 Å². The van der Waals surface area contributed by atoms with Gasteiger partial charge in [0, 0.05) is 18.1 Å². The summed E-state index contributed by atoms with van der Waals surface area (Å²) in [6, 6.07) is 18.2. The molecule has 0 aliphatic rings. The number of hydrogen-bond acceptors (Lipinski definition) is 5. The number of alkyl halides is 3. The smallest absolute Gasteiger partial charge is 0.416 e. The van der Waals surface area contributed by atoms with Gasteiger partial charge >= 0.3 is 6.18 Å². The van der Waals surface area contributed by atoms with Crippen molar-refractivity contribution in [1.82, 2.24) is 14.8 Å². The Morgan fingerprint density at radius 3 is 2.64 bits per heavy atom. The van der Waals surface area contributed by atoms with Gasteiger partial charge in [0.15, 0.2) is 11.0 Å². The maximum atomic E-state index is 12.8. The molecule has 0 fully saturated rings. The van der Waals surface area contributed by atoms with Gasteiger partial charge in [-0.3, -0.25) is 4.79 Å². The Morgan fingerprint density at radius 2 is 1.82 bits per heavy atom. The second-order valence-electron chi connectivity index (χ2n) is 7.14. The largest absolute Gasteiger partial charge is 0.485 e. The lowest BCUT2D eigenvalue weighted by Gasteiger charge is -2.10. The summed E-state index contributed by atoms with van der Waals surface area (Å²) >= 11 is 1.13. The van der Waals surface area contributed by atoms with Crippen molar-refractivity contribution in [2.24, 2.45) is 7.05 Å². The number of nitrogens with zero attached hydrogens (tertiary/aromatic N) is 3. The van der Waals surface area contributed by atoms with Crippen molar-refractivity contribution in [2.45, 2.75) is 17.9 Å². The van der Waals surface area contributed by atoms with Crippen LogP contribution in [0.3, 0.4) is 0 Å². The molecule has 1 heterocycles. The predicted octanol–water partition coefficient (Wildman–Crippen LogP) is 5.30. The SMILES string of the molecule is Cn1c(COc2cccc3ccccc23)nnc1SCC(=O)Nc1cccc(C(F)(F)F)c1. The number of carbonyl (C=O) groups excluding carboxylic acids is 1. The van der Waals surface area contributed by atoms with Gasteiger partial charge in [-0.2, -0.15) is 13.2 Å². The van der Waals surface area contributed by atoms with Gasteiger partial charge in [0.1, 0.15) is 12.4 Å². The Bertz CT molecular complexity index is 1280. The maximum Gasteiger partial charge on any atom is 0.416 e. The zero-order valence-electron chi connectivity index (χ0n) is 17.5. The van der Waals surface area contributed by atoms with Crippen LogP contribution in [0.2, 0.25) is 0 Å². The van der Waals surface area contributed by atoms with E-state index in [9.17, 15) is 18.0 Å². The van der Waals surface area contributed by atoms with Gasteiger partial charge in [-0.25, -0.2) is 0 Å². The second-order valence-corrected chi connectivity index (χ2v) is 8.08. The van der Waals surface area contributed by atoms with Crippen LogP contribution in [0.4, 0.5) is 18.9 Å². The number of halogens is 3. The van der Waals surface area contributed by atoms with Gasteiger partial charge in [-0.1, -0.05) is 54.2 Å². The zero-order valence-corrected chi connectivity index (χ0v) is 18.3. The minimum Gasteiger partial charge on any atom is -0.485 e. The second kappa shape index (κ2) is 9.53. The number of ether oxygens (including phenoxy) is 1. The fourth-order valence-electron chi connectivity index (χ4n) is 3.16. The van der Waals surface area contributed by atoms with Gasteiger partial charge < -0.3 is 14.6 Å². The standard InChI is InChI=1S/C23H19F3N4O2S/c1-30-20(13-32-19-11-4-7-15-6-2-3-10-18(15)19)28-29-22(30)33-14-21(31)27-17-9-5-8-16(12-17)23(24,25)26/h2-12H,13-14H2,1H3,(H,27,31). The fraction of sp³-hybridized carbons (Fsp3) is 0.174. The van der Waals surface area contributed by atoms with Crippen LogP contribution in [0.5, 0.6) is 5.75 Å². The number of hydrogen-bond donors (Lipinski definition) is 1. The van der Waals surface area contributed by atoms with Crippen LogP contribution < -0.4 is 10.1 Å². The molecule has 4 rings (SSSR count). The highest BCUT2D eigenvalue weighted by Crippen LogP contribution is 2.31. The molecule has 0 atom stereocenters. The average Bonchev–Trinajstić information content (AvgIpc) is 3.15. The van der Waals surface area contributed by atoms with Crippen LogP contribution in [-0.4, -0.2) is 26.4 Å². The van der Waals surface area contributed by atoms with E-state index in [1.165, 1.54) is 12.1 Å². The van der Waals surface area contributed by atoms with Crippen molar-refractivity contribution in [3.63, 3.8) is 0 Å². The summed E-state index contributed by atoms with van der Waals surface area (Å²) in [5.74, 6) is 0.817. The van der Waals surface area contributed by atoms with Crippen LogP contribution >= 0.6 is 11.8 Å². The average molecular weight is 472 g/mol. The maximum absolute atomic E-state index is 12.8. The molecule has 0 unspecified atom stereocenters. The van der Waals surface area contributed by atoms with Crippen molar-refractivity contribution in [3.05, 3.63) is 78.1 Å². The molecule has 170 valence electrons. The lowest BCUT2D eigenvalue weighted by atomic mass is 10.1. The Labute approximate surface area is 191 Å². The number of thioether (sulfide) groups is 1. The number of anilines is 1. The predicted molar refractivity (Wildman–Crippen MR) is 120 cm³/mol. The number of nitrogens with one attached hydrogen (secondary N) is 1. The Morgan fingerprint density at radius 1 is 1.06 bits per heavy atom. The van der Waals surface area contributed by atoms with E-state index in [1.54, 1.807) is 11.6 Å². The highest BCUT2D eigenvalue weighted by Gasteiger charge is 2.30. The molecular formula is C23H19F3N4O2S. The molecule has 1 aromatic heterocycles. The van der Waals surface area contributed by atoms with Crippen molar-refractivity contribution in [2.75, 3.05) is 11.1 Å². The lowest BCUT2D eigenvalue weighted by Crippen LogP contribution is -2.15. The number of fused-ring (bicyclic) bond motifs is 1. The molecule has 0 spiro atoms. The normalized spacial score (nSPS) is 11.5. The first-order valence-electron chi connectivity index (χ1n) is 9.90. The van der Waals surface area contributed by atoms with Crippen LogP contribution in [0.25, 0.3) is 10.8 Å². The molecule has 0 radical (unpaired) electrons. The van der Waals surface area contributed by atoms with Gasteiger partial charge in [0.25, 0.3) is 0 Å². The third-order valence-electron chi connectivity index (χ3n) is 4.84. The molecule has 1 amide bonds. The number of benzene rings is 3. The summed E-state index contributed by atoms with van der Waals surface area (Å²) in [6.07, 6.45) is -4.47. The first-order valence-corrected chi connectivity index (χ1v) is 10.9. The molecule has 0 saturated heterocycles. The summed E-state index contributed by atoms with van der Waals surface area (Å²) in [4.78, 5) is 12.2. The lowest BCUT2D eigenvalue weighted by molar-refractivity contribution is -0.137. The summed E-state index contributed by atoms with van der Waals surface area (Å²) in [7, 11) is 1.76. The highest BCUT2D eigenvalue weighted by molar-refractivity contribution is 7.99. The van der Waals surface area contributed by atoms with Crippen LogP contribution in [0, 0.1) is 0 Å². The molecule has 1 N–H and O–H groups in total. The molecular weight excluding hydrogens is 453 g/mol. The summed E-state index contributed by atoms with van der Waals surface area (Å²) < 4.78 is 46.1. The van der Waals surface area contributed by atoms with Crippen molar-refractivity contribution in [1.29, 1.82) is 0 Å². The molecule has 0 bridgehead atoms. The third kappa shape index (κ3) is 5.46. The van der Waals surface area contributed by atoms with Gasteiger partial charge in [0.05, 0.1) is 11.3 Å². The Hall–Kier alpha value is -3.53. The van der Waals surface area contributed by atoms with Crippen LogP contribution in [0.15, 0.2) is 71.9 Å². The van der Waals surface area contributed by atoms with E-state index in [0.29, 0.717) is 11.0 Å². The van der Waals surface area contributed by atoms with Crippen LogP contribution in [0.1, 0.15) is 11.4 Å². The molecule has 3 aromatic carbocycles. The quantitative estimate of drug-likeness (QED) is 0.370. The van der Waals surface area contributed by atoms with E-state index in [-0.39, 0.29) is 18.0 Å². The Balaban J connectivity index is 1.35. The molecule has 0 aliphatic carbocycles. The summed E-state index contributed by atoms with van der Waals surface area (Å²) in [5.41, 5.74) is -0.741. The summed E-state index contributed by atoms with van der Waals surface area (Å²) in [5, 5.41) is 13.2. The van der Waals surface area contributed by atoms with Crippen molar-refractivity contribution >= 4 is 34.1 Å². The topological polar surface area (TPSA) is 69.0 Å². The van der Waals surface area contributed by atoms with Crippen molar-refractivity contribution in [3.8, 4) is 5.75 Å². The van der Waals surface area contributed by atoms with Crippen LogP contribution in [-0.2, 0) is 24.6 Å². The molecule has 33 heavy (non-hydrogen) atoms. The van der Waals surface area contributed by atoms with E-state index >= 15 is 0 Å². The molecule has 10 heteroatoms. The zero-order chi connectivity index (χ0) is 23.4. The van der Waals surface area contributed by atoms with Gasteiger partial charge in [-0.15, -0.1) is 10.2 Å². The first kappa shape index (κ1) is 22.7. The van der Waals surface area contributed by atoms with E-state index < -0.39 is 17.6 Å². The Kier molecular flexibility index (Phi) is 6.55. The van der Waals surface area contributed by atoms with E-state index in [2.05, 4.69) is 15.5 Å². The monoisotopic (exact) mass is 472 g/mol.